The van der Waals surface area contributed by atoms with Gasteiger partial charge in [0.1, 0.15) is 5.69 Å². The first-order chi connectivity index (χ1) is 19.5. The average Bonchev–Trinajstić information content (AvgIpc) is 3.59. The lowest BCUT2D eigenvalue weighted by atomic mass is 9.94. The molecule has 0 bridgehead atoms. The van der Waals surface area contributed by atoms with E-state index in [1.165, 1.54) is 12.0 Å². The van der Waals surface area contributed by atoms with E-state index in [1.54, 1.807) is 18.0 Å². The topological polar surface area (TPSA) is 75.7 Å². The van der Waals surface area contributed by atoms with E-state index in [0.29, 0.717) is 5.56 Å². The van der Waals surface area contributed by atoms with E-state index < -0.39 is 0 Å². The summed E-state index contributed by atoms with van der Waals surface area (Å²) in [4.78, 5) is 27.2. The van der Waals surface area contributed by atoms with Crippen LogP contribution in [0.5, 0.6) is 0 Å². The third kappa shape index (κ3) is 5.83. The van der Waals surface area contributed by atoms with Crippen molar-refractivity contribution in [2.24, 2.45) is 9.98 Å². The Hall–Kier alpha value is -4.65. The molecule has 3 heterocycles. The first-order valence-electron chi connectivity index (χ1n) is 13.6. The number of amides is 1. The monoisotopic (exact) mass is 532 g/mol. The van der Waals surface area contributed by atoms with E-state index in [2.05, 4.69) is 45.5 Å². The fourth-order valence-electron chi connectivity index (χ4n) is 4.81. The predicted molar refractivity (Wildman–Crippen MR) is 166 cm³/mol. The Balaban J connectivity index is 0.00000181. The van der Waals surface area contributed by atoms with Crippen LogP contribution in [-0.4, -0.2) is 58.8 Å². The van der Waals surface area contributed by atoms with Gasteiger partial charge in [-0.05, 0) is 59.9 Å². The van der Waals surface area contributed by atoms with Crippen LogP contribution in [0, 0.1) is 0 Å². The summed E-state index contributed by atoms with van der Waals surface area (Å²) >= 11 is 0. The van der Waals surface area contributed by atoms with Crippen molar-refractivity contribution in [3.63, 3.8) is 0 Å². The van der Waals surface area contributed by atoms with Crippen molar-refractivity contribution in [1.82, 2.24) is 19.7 Å². The number of carbonyl (C=O) groups is 1. The van der Waals surface area contributed by atoms with Crippen molar-refractivity contribution in [3.8, 4) is 22.3 Å². The Labute approximate surface area is 236 Å². The fraction of sp³-hybridized carbons (Fsp3) is 0.242. The Morgan fingerprint density at radius 1 is 1.07 bits per heavy atom. The van der Waals surface area contributed by atoms with Crippen LogP contribution in [0.15, 0.2) is 89.5 Å². The van der Waals surface area contributed by atoms with Gasteiger partial charge in [-0.2, -0.15) is 10.1 Å². The summed E-state index contributed by atoms with van der Waals surface area (Å²) < 4.78 is 2.11. The van der Waals surface area contributed by atoms with Gasteiger partial charge in [-0.3, -0.25) is 19.5 Å². The van der Waals surface area contributed by atoms with Crippen molar-refractivity contribution in [1.29, 1.82) is 0 Å². The molecule has 1 amide bonds. The first-order valence-corrected chi connectivity index (χ1v) is 13.6. The van der Waals surface area contributed by atoms with E-state index in [9.17, 15) is 4.79 Å². The molecule has 5 rings (SSSR count). The number of aliphatic imine (C=N–C) groups is 2. The number of aromatic nitrogens is 3. The maximum absolute atomic E-state index is 12.3. The molecule has 7 heteroatoms. The Kier molecular flexibility index (Phi) is 9.17. The molecule has 0 saturated carbocycles. The summed E-state index contributed by atoms with van der Waals surface area (Å²) in [6.07, 6.45) is 11.0. The van der Waals surface area contributed by atoms with E-state index in [1.807, 2.05) is 70.6 Å². The zero-order valence-corrected chi connectivity index (χ0v) is 23.9. The largest absolute Gasteiger partial charge is 0.369 e. The van der Waals surface area contributed by atoms with E-state index in [-0.39, 0.29) is 5.91 Å². The molecule has 0 fully saturated rings. The first kappa shape index (κ1) is 28.4. The summed E-state index contributed by atoms with van der Waals surface area (Å²) in [5.41, 5.74) is 8.66. The normalized spacial score (nSPS) is 13.0. The van der Waals surface area contributed by atoms with Gasteiger partial charge in [0, 0.05) is 56.1 Å². The lowest BCUT2D eigenvalue weighted by Crippen LogP contribution is -2.09. The molecule has 0 radical (unpaired) electrons. The summed E-state index contributed by atoms with van der Waals surface area (Å²) in [5.74, 6) is -0.266. The van der Waals surface area contributed by atoms with E-state index >= 15 is 0 Å². The molecule has 0 spiro atoms. The van der Waals surface area contributed by atoms with E-state index in [0.717, 1.165) is 63.9 Å². The molecule has 4 aromatic rings. The molecule has 0 atom stereocenters. The highest BCUT2D eigenvalue weighted by molar-refractivity contribution is 6.13. The maximum atomic E-state index is 12.3. The highest BCUT2D eigenvalue weighted by Gasteiger charge is 2.26. The Bertz CT molecular complexity index is 1610. The highest BCUT2D eigenvalue weighted by atomic mass is 16.1. The molecule has 0 unspecified atom stereocenters. The predicted octanol–water partition coefficient (Wildman–Crippen LogP) is 6.63. The third-order valence-electron chi connectivity index (χ3n) is 6.60. The maximum Gasteiger partial charge on any atom is 0.278 e. The van der Waals surface area contributed by atoms with Crippen LogP contribution in [0.3, 0.4) is 0 Å². The van der Waals surface area contributed by atoms with Crippen molar-refractivity contribution < 1.29 is 4.79 Å². The molecular weight excluding hydrogens is 496 g/mol. The number of nitrogens with zero attached hydrogens (tertiary/aromatic N) is 6. The van der Waals surface area contributed by atoms with Gasteiger partial charge in [-0.1, -0.05) is 56.8 Å². The number of allylic oxidation sites excluding steroid dienone is 3. The molecular formula is C33H36N6O. The lowest BCUT2D eigenvalue weighted by molar-refractivity contribution is 0.100. The average molecular weight is 533 g/mol. The number of aryl methyl sites for hydroxylation is 1. The summed E-state index contributed by atoms with van der Waals surface area (Å²) in [5, 5.41) is 6.01. The smallest absolute Gasteiger partial charge is 0.278 e. The van der Waals surface area contributed by atoms with Crippen LogP contribution in [0.2, 0.25) is 0 Å². The van der Waals surface area contributed by atoms with Crippen LogP contribution in [0.25, 0.3) is 33.2 Å². The summed E-state index contributed by atoms with van der Waals surface area (Å²) in [7, 11) is 5.45. The minimum atomic E-state index is -0.266. The minimum Gasteiger partial charge on any atom is -0.369 e. The number of rotatable bonds is 7. The number of carbonyl (C=O) groups excluding carboxylic acids is 1. The minimum absolute atomic E-state index is 0.266. The van der Waals surface area contributed by atoms with Gasteiger partial charge in [0.25, 0.3) is 5.91 Å². The molecule has 2 aromatic carbocycles. The van der Waals surface area contributed by atoms with Gasteiger partial charge in [0.15, 0.2) is 0 Å². The molecule has 0 saturated heterocycles. The van der Waals surface area contributed by atoms with E-state index in [4.69, 9.17) is 10.1 Å². The van der Waals surface area contributed by atoms with Gasteiger partial charge >= 0.3 is 0 Å². The van der Waals surface area contributed by atoms with Gasteiger partial charge in [0.2, 0.25) is 0 Å². The highest BCUT2D eigenvalue weighted by Crippen LogP contribution is 2.37. The van der Waals surface area contributed by atoms with Crippen LogP contribution < -0.4 is 0 Å². The lowest BCUT2D eigenvalue weighted by Gasteiger charge is -2.11. The Morgan fingerprint density at radius 3 is 2.52 bits per heavy atom. The van der Waals surface area contributed by atoms with Crippen molar-refractivity contribution in [2.75, 3.05) is 21.1 Å². The molecule has 0 N–H and O–H groups in total. The van der Waals surface area contributed by atoms with Crippen molar-refractivity contribution in [2.45, 2.75) is 33.2 Å². The third-order valence-corrected chi connectivity index (χ3v) is 6.60. The molecule has 1 aliphatic heterocycles. The van der Waals surface area contributed by atoms with Crippen molar-refractivity contribution >= 4 is 28.9 Å². The van der Waals surface area contributed by atoms with Crippen LogP contribution in [0.4, 0.5) is 0 Å². The standard InChI is InChI=1S/C31H30N6O.C2H6/c1-5-6-8-26(32-2)30-29(28-9-7-18-37(28)35-30)25-16-17-33-27-19-23(14-15-24(25)27)21-10-12-22(13-11-21)31(38)34-20-36(3)4;1-2/h5-6,8,10-17,19-20H,1,7,9,18H2,2-4H3;1-2H3/b8-6-,32-26?,34-20?;. The fourth-order valence-corrected chi connectivity index (χ4v) is 4.81. The SMILES string of the molecule is C=C/C=C\C(=NC)c1nn2c(c1-c1ccnc3cc(-c4ccc(C(=O)N=CN(C)C)cc4)ccc13)CCC2.CC. The molecule has 7 nitrogen and oxygen atoms in total. The zero-order valence-electron chi connectivity index (χ0n) is 23.9. The Morgan fingerprint density at radius 2 is 1.82 bits per heavy atom. The molecule has 204 valence electrons. The quantitative estimate of drug-likeness (QED) is 0.152. The van der Waals surface area contributed by atoms with Gasteiger partial charge in [-0.25, -0.2) is 0 Å². The molecule has 40 heavy (non-hydrogen) atoms. The van der Waals surface area contributed by atoms with Crippen molar-refractivity contribution in [3.05, 3.63) is 96.5 Å². The molecule has 1 aliphatic rings. The van der Waals surface area contributed by atoms with Crippen LogP contribution in [-0.2, 0) is 13.0 Å². The second kappa shape index (κ2) is 12.9. The van der Waals surface area contributed by atoms with Gasteiger partial charge < -0.3 is 4.90 Å². The molecule has 0 aliphatic carbocycles. The summed E-state index contributed by atoms with van der Waals surface area (Å²) in [6.45, 7) is 8.71. The second-order valence-electron chi connectivity index (χ2n) is 9.38. The molecule has 2 aromatic heterocycles. The zero-order chi connectivity index (χ0) is 28.6. The van der Waals surface area contributed by atoms with Gasteiger partial charge in [-0.15, -0.1) is 0 Å². The number of hydrogen-bond donors (Lipinski definition) is 0. The number of benzene rings is 2. The van der Waals surface area contributed by atoms with Gasteiger partial charge in [0.05, 0.1) is 17.6 Å². The second-order valence-corrected chi connectivity index (χ2v) is 9.38. The van der Waals surface area contributed by atoms with Crippen LogP contribution >= 0.6 is 0 Å². The number of fused-ring (bicyclic) bond motifs is 2. The number of pyridine rings is 1. The number of hydrogen-bond acceptors (Lipinski definition) is 4. The van der Waals surface area contributed by atoms with Crippen LogP contribution in [0.1, 0.15) is 42.0 Å². The summed E-state index contributed by atoms with van der Waals surface area (Å²) in [6, 6.07) is 15.9.